The molecule has 172 valence electrons. The molecule has 0 aromatic carbocycles. The van der Waals surface area contributed by atoms with E-state index in [1.165, 1.54) is 12.0 Å². The van der Waals surface area contributed by atoms with Gasteiger partial charge in [-0.25, -0.2) is 4.79 Å². The molecule has 6 unspecified atom stereocenters. The molecule has 2 N–H and O–H groups in total. The second kappa shape index (κ2) is 7.83. The van der Waals surface area contributed by atoms with Gasteiger partial charge in [0, 0.05) is 5.54 Å². The number of hydrogen-bond acceptors (Lipinski definition) is 3. The van der Waals surface area contributed by atoms with Crippen molar-refractivity contribution in [2.75, 3.05) is 0 Å². The second-order valence-electron chi connectivity index (χ2n) is 12.1. The summed E-state index contributed by atoms with van der Waals surface area (Å²) >= 11 is 0. The predicted octanol–water partition coefficient (Wildman–Crippen LogP) is 6.23. The summed E-state index contributed by atoms with van der Waals surface area (Å²) in [6, 6.07) is 0. The van der Waals surface area contributed by atoms with E-state index < -0.39 is 5.60 Å². The summed E-state index contributed by atoms with van der Waals surface area (Å²) in [6.45, 7) is 17.4. The standard InChI is InChI=1S/C26H45NO3/c1-9-26(29)21-11-10-18-16-19(30-22(28)27-23(4,5)6)12-14-24(18,7)20(21)13-15-25(26,8)17(2)3/h16-17,19-21,29H,9-15H2,1-8H3,(H,27,28). The van der Waals surface area contributed by atoms with Gasteiger partial charge in [-0.1, -0.05) is 40.2 Å². The van der Waals surface area contributed by atoms with Crippen LogP contribution in [-0.2, 0) is 4.74 Å². The molecule has 0 bridgehead atoms. The highest BCUT2D eigenvalue weighted by molar-refractivity contribution is 5.68. The fraction of sp³-hybridized carbons (Fsp3) is 0.885. The average Bonchev–Trinajstić information content (AvgIpc) is 2.63. The molecule has 4 heteroatoms. The van der Waals surface area contributed by atoms with Crippen LogP contribution in [-0.4, -0.2) is 28.4 Å². The van der Waals surface area contributed by atoms with Gasteiger partial charge in [-0.3, -0.25) is 0 Å². The highest BCUT2D eigenvalue weighted by Gasteiger charge is 2.62. The van der Waals surface area contributed by atoms with Gasteiger partial charge >= 0.3 is 6.09 Å². The van der Waals surface area contributed by atoms with Gasteiger partial charge in [0.25, 0.3) is 0 Å². The van der Waals surface area contributed by atoms with E-state index in [2.05, 4.69) is 46.0 Å². The number of fused-ring (bicyclic) bond motifs is 3. The SMILES string of the molecule is CCC1(O)C2CCC3=CC(OC(=O)NC(C)(C)C)CCC3(C)C2CCC1(C)C(C)C. The first-order valence-electron chi connectivity index (χ1n) is 12.2. The third kappa shape index (κ3) is 3.82. The molecule has 2 saturated carbocycles. The van der Waals surface area contributed by atoms with Gasteiger partial charge in [0.2, 0.25) is 0 Å². The first kappa shape index (κ1) is 23.6. The van der Waals surface area contributed by atoms with E-state index in [0.29, 0.717) is 17.8 Å². The van der Waals surface area contributed by atoms with E-state index >= 15 is 0 Å². The Bertz CT molecular complexity index is 693. The number of hydrogen-bond donors (Lipinski definition) is 2. The molecule has 0 aliphatic heterocycles. The number of nitrogens with one attached hydrogen (secondary N) is 1. The maximum absolute atomic E-state index is 12.3. The zero-order chi connectivity index (χ0) is 22.5. The average molecular weight is 420 g/mol. The van der Waals surface area contributed by atoms with E-state index in [4.69, 9.17) is 4.74 Å². The third-order valence-corrected chi connectivity index (χ3v) is 9.22. The van der Waals surface area contributed by atoms with Crippen molar-refractivity contribution in [1.82, 2.24) is 5.32 Å². The molecule has 2 fully saturated rings. The number of carbonyl (C=O) groups excluding carboxylic acids is 1. The number of rotatable bonds is 3. The molecular weight excluding hydrogens is 374 g/mol. The van der Waals surface area contributed by atoms with Crippen LogP contribution in [0.4, 0.5) is 4.79 Å². The predicted molar refractivity (Wildman–Crippen MR) is 122 cm³/mol. The summed E-state index contributed by atoms with van der Waals surface area (Å²) in [5, 5.41) is 15.0. The molecule has 0 saturated heterocycles. The zero-order valence-electron chi connectivity index (χ0n) is 20.6. The largest absolute Gasteiger partial charge is 0.442 e. The lowest BCUT2D eigenvalue weighted by Crippen LogP contribution is -2.63. The van der Waals surface area contributed by atoms with Crippen molar-refractivity contribution in [3.63, 3.8) is 0 Å². The monoisotopic (exact) mass is 419 g/mol. The summed E-state index contributed by atoms with van der Waals surface area (Å²) in [4.78, 5) is 12.3. The summed E-state index contributed by atoms with van der Waals surface area (Å²) in [5.41, 5.74) is 0.659. The maximum atomic E-state index is 12.3. The second-order valence-corrected chi connectivity index (χ2v) is 12.1. The number of alkyl carbamates (subject to hydrolysis) is 1. The molecule has 0 spiro atoms. The van der Waals surface area contributed by atoms with E-state index in [1.807, 2.05) is 20.8 Å². The van der Waals surface area contributed by atoms with Crippen LogP contribution in [0.25, 0.3) is 0 Å². The normalized spacial score (nSPS) is 41.5. The van der Waals surface area contributed by atoms with Gasteiger partial charge in [0.1, 0.15) is 6.10 Å². The molecular formula is C26H45NO3. The van der Waals surface area contributed by atoms with E-state index in [1.54, 1.807) is 0 Å². The number of aliphatic hydroxyl groups is 1. The van der Waals surface area contributed by atoms with Gasteiger partial charge in [0.05, 0.1) is 5.60 Å². The first-order chi connectivity index (χ1) is 13.8. The van der Waals surface area contributed by atoms with Crippen molar-refractivity contribution in [2.24, 2.45) is 28.6 Å². The fourth-order valence-electron chi connectivity index (χ4n) is 7.06. The van der Waals surface area contributed by atoms with Crippen molar-refractivity contribution in [2.45, 2.75) is 118 Å². The van der Waals surface area contributed by atoms with E-state index in [9.17, 15) is 9.90 Å². The lowest BCUT2D eigenvalue weighted by molar-refractivity contribution is -0.207. The molecule has 30 heavy (non-hydrogen) atoms. The van der Waals surface area contributed by atoms with Crippen LogP contribution in [0.3, 0.4) is 0 Å². The van der Waals surface area contributed by atoms with Crippen LogP contribution in [0.1, 0.15) is 100 Å². The summed E-state index contributed by atoms with van der Waals surface area (Å²) in [6.07, 6.45) is 8.83. The minimum absolute atomic E-state index is 0.0220. The van der Waals surface area contributed by atoms with Crippen molar-refractivity contribution in [1.29, 1.82) is 0 Å². The number of ether oxygens (including phenoxy) is 1. The van der Waals surface area contributed by atoms with Crippen molar-refractivity contribution in [3.05, 3.63) is 11.6 Å². The van der Waals surface area contributed by atoms with Gasteiger partial charge in [-0.2, -0.15) is 0 Å². The minimum Gasteiger partial charge on any atom is -0.442 e. The number of carbonyl (C=O) groups is 1. The Morgan fingerprint density at radius 2 is 1.87 bits per heavy atom. The number of amides is 1. The first-order valence-corrected chi connectivity index (χ1v) is 12.2. The maximum Gasteiger partial charge on any atom is 0.408 e. The van der Waals surface area contributed by atoms with Crippen LogP contribution >= 0.6 is 0 Å². The Morgan fingerprint density at radius 3 is 2.43 bits per heavy atom. The number of allylic oxidation sites excluding steroid dienone is 1. The molecule has 0 radical (unpaired) electrons. The van der Waals surface area contributed by atoms with E-state index in [-0.39, 0.29) is 28.6 Å². The molecule has 1 amide bonds. The van der Waals surface area contributed by atoms with Crippen LogP contribution in [0.15, 0.2) is 11.6 Å². The van der Waals surface area contributed by atoms with Crippen LogP contribution in [0.2, 0.25) is 0 Å². The highest BCUT2D eigenvalue weighted by atomic mass is 16.6. The highest BCUT2D eigenvalue weighted by Crippen LogP contribution is 2.65. The zero-order valence-corrected chi connectivity index (χ0v) is 20.6. The lowest BCUT2D eigenvalue weighted by atomic mass is 9.43. The van der Waals surface area contributed by atoms with Crippen LogP contribution in [0, 0.1) is 28.6 Å². The fourth-order valence-corrected chi connectivity index (χ4v) is 7.06. The van der Waals surface area contributed by atoms with Gasteiger partial charge < -0.3 is 15.2 Å². The molecule has 0 aromatic heterocycles. The van der Waals surface area contributed by atoms with Crippen molar-refractivity contribution in [3.8, 4) is 0 Å². The van der Waals surface area contributed by atoms with E-state index in [0.717, 1.165) is 38.5 Å². The van der Waals surface area contributed by atoms with Gasteiger partial charge in [-0.05, 0) is 100 Å². The molecule has 4 nitrogen and oxygen atoms in total. The summed E-state index contributed by atoms with van der Waals surface area (Å²) < 4.78 is 5.75. The molecule has 0 heterocycles. The summed E-state index contributed by atoms with van der Waals surface area (Å²) in [5.74, 6) is 1.34. The third-order valence-electron chi connectivity index (χ3n) is 9.22. The molecule has 3 aliphatic rings. The minimum atomic E-state index is -0.599. The molecule has 3 aliphatic carbocycles. The Kier molecular flexibility index (Phi) is 6.17. The Hall–Kier alpha value is -1.03. The molecule has 6 atom stereocenters. The molecule has 3 rings (SSSR count). The Labute approximate surface area is 184 Å². The lowest BCUT2D eigenvalue weighted by Gasteiger charge is -2.64. The van der Waals surface area contributed by atoms with Crippen molar-refractivity contribution >= 4 is 6.09 Å². The van der Waals surface area contributed by atoms with Crippen LogP contribution in [0.5, 0.6) is 0 Å². The van der Waals surface area contributed by atoms with Crippen LogP contribution < -0.4 is 5.32 Å². The Balaban J connectivity index is 1.82. The Morgan fingerprint density at radius 1 is 1.20 bits per heavy atom. The van der Waals surface area contributed by atoms with Gasteiger partial charge in [0.15, 0.2) is 0 Å². The van der Waals surface area contributed by atoms with Gasteiger partial charge in [-0.15, -0.1) is 0 Å². The summed E-state index contributed by atoms with van der Waals surface area (Å²) in [7, 11) is 0. The quantitative estimate of drug-likeness (QED) is 0.533. The molecule has 0 aromatic rings. The van der Waals surface area contributed by atoms with Crippen molar-refractivity contribution < 1.29 is 14.6 Å². The topological polar surface area (TPSA) is 58.6 Å². The smallest absolute Gasteiger partial charge is 0.408 e.